The molecule has 2 heterocycles. The van der Waals surface area contributed by atoms with Crippen LogP contribution >= 0.6 is 24.0 Å². The monoisotopic (exact) mass is 538 g/mol. The minimum Gasteiger partial charge on any atom is -0.356 e. The van der Waals surface area contributed by atoms with E-state index in [0.717, 1.165) is 44.3 Å². The molecule has 1 fully saturated rings. The SMILES string of the molecule is CN=C(NCCCn1nc(C)cc1C)NCc1ccccc1CN1CCCCC1C.I. The zero-order chi connectivity index (χ0) is 21.3. The molecule has 1 atom stereocenters. The Morgan fingerprint density at radius 1 is 1.16 bits per heavy atom. The van der Waals surface area contributed by atoms with E-state index in [0.29, 0.717) is 6.04 Å². The predicted molar refractivity (Wildman–Crippen MR) is 140 cm³/mol. The molecular formula is C24H39IN6. The van der Waals surface area contributed by atoms with Crippen LogP contribution in [0, 0.1) is 13.8 Å². The summed E-state index contributed by atoms with van der Waals surface area (Å²) in [5.41, 5.74) is 5.06. The molecule has 6 nitrogen and oxygen atoms in total. The van der Waals surface area contributed by atoms with Gasteiger partial charge in [0.15, 0.2) is 5.96 Å². The highest BCUT2D eigenvalue weighted by atomic mass is 127. The van der Waals surface area contributed by atoms with Gasteiger partial charge in [0.25, 0.3) is 0 Å². The van der Waals surface area contributed by atoms with Crippen LogP contribution in [0.1, 0.15) is 55.1 Å². The average molecular weight is 539 g/mol. The summed E-state index contributed by atoms with van der Waals surface area (Å²) in [6.45, 7) is 11.3. The molecule has 1 saturated heterocycles. The first-order valence-electron chi connectivity index (χ1n) is 11.3. The highest BCUT2D eigenvalue weighted by Gasteiger charge is 2.19. The minimum atomic E-state index is 0. The Morgan fingerprint density at radius 3 is 2.61 bits per heavy atom. The van der Waals surface area contributed by atoms with E-state index in [4.69, 9.17) is 0 Å². The molecule has 172 valence electrons. The number of benzene rings is 1. The van der Waals surface area contributed by atoms with Gasteiger partial charge in [0, 0.05) is 45.0 Å². The van der Waals surface area contributed by atoms with E-state index in [-0.39, 0.29) is 24.0 Å². The summed E-state index contributed by atoms with van der Waals surface area (Å²) in [5, 5.41) is 11.4. The average Bonchev–Trinajstić information content (AvgIpc) is 3.07. The van der Waals surface area contributed by atoms with Gasteiger partial charge in [-0.2, -0.15) is 5.10 Å². The van der Waals surface area contributed by atoms with Gasteiger partial charge >= 0.3 is 0 Å². The third kappa shape index (κ3) is 7.79. The van der Waals surface area contributed by atoms with Crippen molar-refractivity contribution in [2.75, 3.05) is 20.1 Å². The molecule has 7 heteroatoms. The van der Waals surface area contributed by atoms with Crippen molar-refractivity contribution in [3.63, 3.8) is 0 Å². The second-order valence-electron chi connectivity index (χ2n) is 8.44. The number of likely N-dealkylation sites (tertiary alicyclic amines) is 1. The quantitative estimate of drug-likeness (QED) is 0.229. The number of aryl methyl sites for hydroxylation is 3. The maximum absolute atomic E-state index is 4.52. The molecule has 1 aromatic carbocycles. The molecule has 0 radical (unpaired) electrons. The lowest BCUT2D eigenvalue weighted by molar-refractivity contribution is 0.152. The lowest BCUT2D eigenvalue weighted by atomic mass is 10.0. The molecule has 0 bridgehead atoms. The molecule has 2 aromatic rings. The third-order valence-electron chi connectivity index (χ3n) is 6.04. The maximum Gasteiger partial charge on any atom is 0.191 e. The molecule has 0 aliphatic carbocycles. The molecule has 3 rings (SSSR count). The number of hydrogen-bond acceptors (Lipinski definition) is 3. The first-order valence-corrected chi connectivity index (χ1v) is 11.3. The Hall–Kier alpha value is -1.61. The number of aliphatic imine (C=N–C) groups is 1. The molecule has 1 aliphatic rings. The Kier molecular flexibility index (Phi) is 10.8. The third-order valence-corrected chi connectivity index (χ3v) is 6.04. The number of piperidine rings is 1. The van der Waals surface area contributed by atoms with Crippen molar-refractivity contribution in [2.45, 2.75) is 72.1 Å². The smallest absolute Gasteiger partial charge is 0.191 e. The van der Waals surface area contributed by atoms with E-state index in [1.807, 2.05) is 14.0 Å². The van der Waals surface area contributed by atoms with E-state index in [9.17, 15) is 0 Å². The summed E-state index contributed by atoms with van der Waals surface area (Å²) in [7, 11) is 1.83. The molecule has 0 amide bonds. The van der Waals surface area contributed by atoms with Gasteiger partial charge in [-0.05, 0) is 63.8 Å². The van der Waals surface area contributed by atoms with E-state index < -0.39 is 0 Å². The van der Waals surface area contributed by atoms with E-state index in [1.54, 1.807) is 0 Å². The molecular weight excluding hydrogens is 499 g/mol. The van der Waals surface area contributed by atoms with Crippen LogP contribution in [-0.4, -0.2) is 46.8 Å². The van der Waals surface area contributed by atoms with Gasteiger partial charge in [-0.3, -0.25) is 14.6 Å². The highest BCUT2D eigenvalue weighted by Crippen LogP contribution is 2.20. The second kappa shape index (κ2) is 13.1. The van der Waals surface area contributed by atoms with E-state index >= 15 is 0 Å². The molecule has 0 spiro atoms. The Balaban J connectivity index is 0.00000341. The maximum atomic E-state index is 4.52. The van der Waals surface area contributed by atoms with Crippen molar-refractivity contribution in [1.82, 2.24) is 25.3 Å². The predicted octanol–water partition coefficient (Wildman–Crippen LogP) is 4.25. The van der Waals surface area contributed by atoms with Crippen molar-refractivity contribution in [3.8, 4) is 0 Å². The van der Waals surface area contributed by atoms with Gasteiger partial charge < -0.3 is 10.6 Å². The Bertz CT molecular complexity index is 831. The van der Waals surface area contributed by atoms with Crippen molar-refractivity contribution >= 4 is 29.9 Å². The van der Waals surface area contributed by atoms with Crippen molar-refractivity contribution < 1.29 is 0 Å². The number of guanidine groups is 1. The standard InChI is InChI=1S/C24H38N6.HI/c1-19-16-21(3)30(28-19)15-9-13-26-24(25-4)27-17-22-11-5-6-12-23(22)18-29-14-8-7-10-20(29)2;/h5-6,11-12,16,20H,7-10,13-15,17-18H2,1-4H3,(H2,25,26,27);1H. The fourth-order valence-corrected chi connectivity index (χ4v) is 4.23. The van der Waals surface area contributed by atoms with Gasteiger partial charge in [-0.15, -0.1) is 24.0 Å². The zero-order valence-electron chi connectivity index (χ0n) is 19.5. The van der Waals surface area contributed by atoms with Crippen LogP contribution in [0.25, 0.3) is 0 Å². The lowest BCUT2D eigenvalue weighted by Gasteiger charge is -2.33. The van der Waals surface area contributed by atoms with Gasteiger partial charge in [-0.25, -0.2) is 0 Å². The Morgan fingerprint density at radius 2 is 1.94 bits per heavy atom. The van der Waals surface area contributed by atoms with Crippen molar-refractivity contribution in [2.24, 2.45) is 4.99 Å². The molecule has 1 aliphatic heterocycles. The van der Waals surface area contributed by atoms with Crippen molar-refractivity contribution in [3.05, 3.63) is 52.8 Å². The molecule has 2 N–H and O–H groups in total. The number of halogens is 1. The fourth-order valence-electron chi connectivity index (χ4n) is 4.23. The van der Waals surface area contributed by atoms with E-state index in [2.05, 4.69) is 74.5 Å². The molecule has 1 aromatic heterocycles. The zero-order valence-corrected chi connectivity index (χ0v) is 21.9. The molecule has 1 unspecified atom stereocenters. The first kappa shape index (κ1) is 25.6. The second-order valence-corrected chi connectivity index (χ2v) is 8.44. The first-order chi connectivity index (χ1) is 14.6. The number of nitrogens with zero attached hydrogens (tertiary/aromatic N) is 4. The number of aromatic nitrogens is 2. The Labute approximate surface area is 204 Å². The van der Waals surface area contributed by atoms with Crippen LogP contribution in [-0.2, 0) is 19.6 Å². The number of rotatable bonds is 8. The topological polar surface area (TPSA) is 57.5 Å². The number of hydrogen-bond donors (Lipinski definition) is 2. The van der Waals surface area contributed by atoms with E-state index in [1.165, 1.54) is 42.6 Å². The van der Waals surface area contributed by atoms with Crippen LogP contribution in [0.2, 0.25) is 0 Å². The summed E-state index contributed by atoms with van der Waals surface area (Å²) in [6.07, 6.45) is 5.00. The van der Waals surface area contributed by atoms with Crippen LogP contribution in [0.3, 0.4) is 0 Å². The number of nitrogens with one attached hydrogen (secondary N) is 2. The summed E-state index contributed by atoms with van der Waals surface area (Å²) >= 11 is 0. The summed E-state index contributed by atoms with van der Waals surface area (Å²) in [6, 6.07) is 11.6. The van der Waals surface area contributed by atoms with Crippen molar-refractivity contribution in [1.29, 1.82) is 0 Å². The van der Waals surface area contributed by atoms with Crippen LogP contribution < -0.4 is 10.6 Å². The summed E-state index contributed by atoms with van der Waals surface area (Å²) < 4.78 is 2.07. The van der Waals surface area contributed by atoms with Gasteiger partial charge in [0.1, 0.15) is 0 Å². The van der Waals surface area contributed by atoms with Gasteiger partial charge in [0.05, 0.1) is 5.69 Å². The normalized spacial score (nSPS) is 17.3. The van der Waals surface area contributed by atoms with Crippen LogP contribution in [0.5, 0.6) is 0 Å². The summed E-state index contributed by atoms with van der Waals surface area (Å²) in [4.78, 5) is 7.01. The molecule has 0 saturated carbocycles. The fraction of sp³-hybridized carbons (Fsp3) is 0.583. The van der Waals surface area contributed by atoms with Crippen LogP contribution in [0.15, 0.2) is 35.3 Å². The molecule has 31 heavy (non-hydrogen) atoms. The summed E-state index contributed by atoms with van der Waals surface area (Å²) in [5.74, 6) is 0.851. The minimum absolute atomic E-state index is 0. The van der Waals surface area contributed by atoms with Gasteiger partial charge in [-0.1, -0.05) is 30.7 Å². The lowest BCUT2D eigenvalue weighted by Crippen LogP contribution is -2.39. The van der Waals surface area contributed by atoms with Crippen LogP contribution in [0.4, 0.5) is 0 Å². The largest absolute Gasteiger partial charge is 0.356 e. The van der Waals surface area contributed by atoms with Gasteiger partial charge in [0.2, 0.25) is 0 Å². The highest BCUT2D eigenvalue weighted by molar-refractivity contribution is 14.0.